The number of sulfonamides is 1. The third-order valence-corrected chi connectivity index (χ3v) is 8.39. The number of nitrogens with zero attached hydrogens (tertiary/aromatic N) is 2. The first-order valence-corrected chi connectivity index (χ1v) is 16.1. The number of carbonyl (C=O) groups excluding carboxylic acids is 2. The van der Waals surface area contributed by atoms with Gasteiger partial charge in [0.1, 0.15) is 6.04 Å². The first-order chi connectivity index (χ1) is 19.5. The summed E-state index contributed by atoms with van der Waals surface area (Å²) in [6, 6.07) is 23.4. The van der Waals surface area contributed by atoms with Crippen LogP contribution in [0.2, 0.25) is 5.02 Å². The first-order valence-electron chi connectivity index (χ1n) is 13.9. The number of hydrogen-bond acceptors (Lipinski definition) is 4. The van der Waals surface area contributed by atoms with Crippen molar-refractivity contribution in [1.82, 2.24) is 10.2 Å². The van der Waals surface area contributed by atoms with Gasteiger partial charge < -0.3 is 10.2 Å². The van der Waals surface area contributed by atoms with E-state index in [-0.39, 0.29) is 43.8 Å². The molecule has 2 atom stereocenters. The molecule has 0 spiro atoms. The Morgan fingerprint density at radius 1 is 0.951 bits per heavy atom. The molecular weight excluding hydrogens is 558 g/mol. The van der Waals surface area contributed by atoms with Gasteiger partial charge in [-0.2, -0.15) is 0 Å². The highest BCUT2D eigenvalue weighted by molar-refractivity contribution is 7.92. The van der Waals surface area contributed by atoms with Crippen molar-refractivity contribution >= 4 is 39.1 Å². The van der Waals surface area contributed by atoms with Crippen LogP contribution in [0.3, 0.4) is 0 Å². The largest absolute Gasteiger partial charge is 0.352 e. The maximum absolute atomic E-state index is 13.9. The van der Waals surface area contributed by atoms with Crippen LogP contribution in [0, 0.1) is 6.92 Å². The van der Waals surface area contributed by atoms with Gasteiger partial charge in [-0.05, 0) is 56.0 Å². The summed E-state index contributed by atoms with van der Waals surface area (Å²) in [5.74, 6) is -0.424. The predicted molar refractivity (Wildman–Crippen MR) is 166 cm³/mol. The lowest BCUT2D eigenvalue weighted by molar-refractivity contribution is -0.141. The van der Waals surface area contributed by atoms with Crippen molar-refractivity contribution in [1.29, 1.82) is 0 Å². The lowest BCUT2D eigenvalue weighted by Crippen LogP contribution is -2.52. The van der Waals surface area contributed by atoms with E-state index < -0.39 is 16.1 Å². The summed E-state index contributed by atoms with van der Waals surface area (Å²) in [5.41, 5.74) is 3.37. The zero-order valence-corrected chi connectivity index (χ0v) is 25.8. The van der Waals surface area contributed by atoms with E-state index >= 15 is 0 Å². The van der Waals surface area contributed by atoms with E-state index in [0.717, 1.165) is 29.4 Å². The Bertz CT molecular complexity index is 1420. The molecule has 0 aliphatic carbocycles. The summed E-state index contributed by atoms with van der Waals surface area (Å²) in [5, 5.41) is 3.49. The molecule has 0 heterocycles. The smallest absolute Gasteiger partial charge is 0.243 e. The average Bonchev–Trinajstić information content (AvgIpc) is 2.92. The van der Waals surface area contributed by atoms with Crippen LogP contribution >= 0.6 is 11.6 Å². The molecule has 7 nitrogen and oxygen atoms in total. The fraction of sp³-hybridized carbons (Fsp3) is 0.375. The molecule has 1 N–H and O–H groups in total. The average molecular weight is 598 g/mol. The molecule has 3 aromatic rings. The van der Waals surface area contributed by atoms with Crippen molar-refractivity contribution in [2.45, 2.75) is 65.1 Å². The number of amides is 2. The van der Waals surface area contributed by atoms with Gasteiger partial charge in [0.2, 0.25) is 21.8 Å². The highest BCUT2D eigenvalue weighted by Gasteiger charge is 2.31. The molecule has 0 aromatic heterocycles. The molecule has 0 fully saturated rings. The molecule has 0 unspecified atom stereocenters. The highest BCUT2D eigenvalue weighted by atomic mass is 35.5. The third-order valence-electron chi connectivity index (χ3n) is 6.96. The Hall–Kier alpha value is -3.36. The molecule has 3 aromatic carbocycles. The van der Waals surface area contributed by atoms with Crippen LogP contribution in [0.1, 0.15) is 49.8 Å². The van der Waals surface area contributed by atoms with Crippen LogP contribution in [0.5, 0.6) is 0 Å². The number of aryl methyl sites for hydroxylation is 1. The SMILES string of the molecule is CC[C@H](C)NC(=O)[C@@H](Cc1ccccc1)N(Cc1cccc(C)c1)C(=O)CCCN(c1cccc(Cl)c1)S(C)(=O)=O. The van der Waals surface area contributed by atoms with Gasteiger partial charge in [0.05, 0.1) is 11.9 Å². The van der Waals surface area contributed by atoms with Gasteiger partial charge in [-0.15, -0.1) is 0 Å². The lowest BCUT2D eigenvalue weighted by Gasteiger charge is -2.33. The van der Waals surface area contributed by atoms with Crippen molar-refractivity contribution < 1.29 is 18.0 Å². The highest BCUT2D eigenvalue weighted by Crippen LogP contribution is 2.23. The van der Waals surface area contributed by atoms with Gasteiger partial charge in [-0.3, -0.25) is 13.9 Å². The fourth-order valence-electron chi connectivity index (χ4n) is 4.64. The quantitative estimate of drug-likeness (QED) is 0.256. The van der Waals surface area contributed by atoms with Crippen LogP contribution in [0.4, 0.5) is 5.69 Å². The van der Waals surface area contributed by atoms with Gasteiger partial charge >= 0.3 is 0 Å². The summed E-state index contributed by atoms with van der Waals surface area (Å²) < 4.78 is 26.4. The van der Waals surface area contributed by atoms with Crippen molar-refractivity contribution in [3.05, 3.63) is 101 Å². The van der Waals surface area contributed by atoms with Crippen molar-refractivity contribution in [3.8, 4) is 0 Å². The lowest BCUT2D eigenvalue weighted by atomic mass is 10.0. The van der Waals surface area contributed by atoms with E-state index in [1.807, 2.05) is 75.4 Å². The van der Waals surface area contributed by atoms with Gasteiger partial charge in [0.15, 0.2) is 0 Å². The maximum Gasteiger partial charge on any atom is 0.243 e. The number of anilines is 1. The van der Waals surface area contributed by atoms with Crippen LogP contribution in [-0.2, 0) is 32.6 Å². The van der Waals surface area contributed by atoms with Crippen LogP contribution < -0.4 is 9.62 Å². The molecule has 2 amide bonds. The van der Waals surface area contributed by atoms with E-state index in [1.54, 1.807) is 29.2 Å². The summed E-state index contributed by atoms with van der Waals surface area (Å²) in [4.78, 5) is 29.2. The first kappa shape index (κ1) is 32.2. The number of hydrogen-bond donors (Lipinski definition) is 1. The molecule has 0 aliphatic heterocycles. The normalized spacial score (nSPS) is 12.8. The molecule has 0 saturated heterocycles. The second-order valence-corrected chi connectivity index (χ2v) is 12.8. The van der Waals surface area contributed by atoms with E-state index in [2.05, 4.69) is 5.32 Å². The predicted octanol–water partition coefficient (Wildman–Crippen LogP) is 5.75. The van der Waals surface area contributed by atoms with Crippen LogP contribution in [0.15, 0.2) is 78.9 Å². The fourth-order valence-corrected chi connectivity index (χ4v) is 5.78. The molecule has 0 saturated carbocycles. The Balaban J connectivity index is 1.89. The minimum Gasteiger partial charge on any atom is -0.352 e. The number of carbonyl (C=O) groups is 2. The number of halogens is 1. The third kappa shape index (κ3) is 9.90. The van der Waals surface area contributed by atoms with Gasteiger partial charge in [-0.1, -0.05) is 84.8 Å². The van der Waals surface area contributed by atoms with E-state index in [0.29, 0.717) is 17.1 Å². The molecule has 41 heavy (non-hydrogen) atoms. The zero-order valence-electron chi connectivity index (χ0n) is 24.2. The van der Waals surface area contributed by atoms with Crippen molar-refractivity contribution in [3.63, 3.8) is 0 Å². The summed E-state index contributed by atoms with van der Waals surface area (Å²) in [6.07, 6.45) is 2.60. The number of benzene rings is 3. The second kappa shape index (κ2) is 15.0. The Labute approximate surface area is 249 Å². The number of nitrogens with one attached hydrogen (secondary N) is 1. The van der Waals surface area contributed by atoms with E-state index in [9.17, 15) is 18.0 Å². The minimum atomic E-state index is -3.61. The molecule has 0 radical (unpaired) electrons. The standard InChI is InChI=1S/C32H40ClN3O4S/c1-5-25(3)34-32(38)30(21-26-13-7-6-8-14-26)35(23-27-15-9-12-24(2)20-27)31(37)18-11-19-36(41(4,39)40)29-17-10-16-28(33)22-29/h6-10,12-17,20,22,25,30H,5,11,18-19,21,23H2,1-4H3,(H,34,38)/t25-,30+/m0/s1. The monoisotopic (exact) mass is 597 g/mol. The van der Waals surface area contributed by atoms with E-state index in [1.165, 1.54) is 4.31 Å². The molecule has 0 aliphatic rings. The minimum absolute atomic E-state index is 0.0438. The summed E-state index contributed by atoms with van der Waals surface area (Å²) >= 11 is 6.11. The molecule has 3 rings (SSSR count). The Morgan fingerprint density at radius 2 is 1.63 bits per heavy atom. The van der Waals surface area contributed by atoms with Gasteiger partial charge in [-0.25, -0.2) is 8.42 Å². The van der Waals surface area contributed by atoms with Crippen molar-refractivity contribution in [2.24, 2.45) is 0 Å². The molecule has 0 bridgehead atoms. The summed E-state index contributed by atoms with van der Waals surface area (Å²) in [6.45, 7) is 6.30. The van der Waals surface area contributed by atoms with Crippen LogP contribution in [-0.4, -0.2) is 50.0 Å². The summed E-state index contributed by atoms with van der Waals surface area (Å²) in [7, 11) is -3.61. The molecule has 9 heteroatoms. The zero-order chi connectivity index (χ0) is 30.0. The maximum atomic E-state index is 13.9. The van der Waals surface area contributed by atoms with Gasteiger partial charge in [0, 0.05) is 37.0 Å². The second-order valence-electron chi connectivity index (χ2n) is 10.5. The van der Waals surface area contributed by atoms with Crippen LogP contribution in [0.25, 0.3) is 0 Å². The Morgan fingerprint density at radius 3 is 2.27 bits per heavy atom. The van der Waals surface area contributed by atoms with Gasteiger partial charge in [0.25, 0.3) is 0 Å². The molecule has 220 valence electrons. The topological polar surface area (TPSA) is 86.8 Å². The van der Waals surface area contributed by atoms with E-state index in [4.69, 9.17) is 11.6 Å². The Kier molecular flexibility index (Phi) is 11.8. The molecular formula is C32H40ClN3O4S. The van der Waals surface area contributed by atoms with Crippen molar-refractivity contribution in [2.75, 3.05) is 17.1 Å². The number of rotatable bonds is 14.